The van der Waals surface area contributed by atoms with E-state index in [-0.39, 0.29) is 12.6 Å². The summed E-state index contributed by atoms with van der Waals surface area (Å²) in [4.78, 5) is 4.13. The Hall–Kier alpha value is -1.88. The number of aliphatic hydroxyl groups excluding tert-OH is 1. The molecule has 0 saturated heterocycles. The van der Waals surface area contributed by atoms with Gasteiger partial charge in [-0.15, -0.1) is 0 Å². The van der Waals surface area contributed by atoms with E-state index in [1.165, 1.54) is 13.3 Å². The number of nitrogens with zero attached hydrogens (tertiary/aromatic N) is 1. The molecular formula is C13H19N3O2. The minimum absolute atomic E-state index is 0.108. The van der Waals surface area contributed by atoms with Gasteiger partial charge in [-0.05, 0) is 25.5 Å². The first-order chi connectivity index (χ1) is 8.62. The summed E-state index contributed by atoms with van der Waals surface area (Å²) in [5.74, 6) is 0.460. The summed E-state index contributed by atoms with van der Waals surface area (Å²) in [6, 6.07) is 1.92. The molecule has 0 spiro atoms. The number of allylic oxidation sites excluding steroid dienone is 1. The zero-order valence-electron chi connectivity index (χ0n) is 10.9. The molecule has 98 valence electrons. The van der Waals surface area contributed by atoms with E-state index in [1.807, 2.05) is 13.8 Å². The van der Waals surface area contributed by atoms with E-state index >= 15 is 0 Å². The molecule has 0 fully saturated rings. The standard InChI is InChI=1S/C13H19N3O2/c1-9(2)16-12(4-5-14)11-7-15-13(18-3)6-10(11)8-17/h4-7,9,14,16-17H,8H2,1-3H3/b12-4-,14-5?. The van der Waals surface area contributed by atoms with E-state index in [0.717, 1.165) is 11.3 Å². The van der Waals surface area contributed by atoms with Crippen LogP contribution in [0.25, 0.3) is 5.70 Å². The van der Waals surface area contributed by atoms with Gasteiger partial charge in [0.05, 0.1) is 13.7 Å². The van der Waals surface area contributed by atoms with Gasteiger partial charge >= 0.3 is 0 Å². The summed E-state index contributed by atoms with van der Waals surface area (Å²) < 4.78 is 5.03. The van der Waals surface area contributed by atoms with Gasteiger partial charge in [0.15, 0.2) is 0 Å². The predicted octanol–water partition coefficient (Wildman–Crippen LogP) is 1.57. The van der Waals surface area contributed by atoms with Gasteiger partial charge in [-0.1, -0.05) is 0 Å². The first kappa shape index (κ1) is 14.2. The number of ether oxygens (including phenoxy) is 1. The molecule has 0 aromatic carbocycles. The number of aliphatic hydroxyl groups is 1. The molecule has 0 aliphatic carbocycles. The molecule has 0 aliphatic rings. The van der Waals surface area contributed by atoms with Crippen LogP contribution in [-0.4, -0.2) is 29.5 Å². The maximum Gasteiger partial charge on any atom is 0.213 e. The van der Waals surface area contributed by atoms with Crippen LogP contribution in [0.1, 0.15) is 25.0 Å². The fraction of sp³-hybridized carbons (Fsp3) is 0.385. The van der Waals surface area contributed by atoms with Crippen LogP contribution < -0.4 is 10.1 Å². The van der Waals surface area contributed by atoms with Crippen LogP contribution in [-0.2, 0) is 6.61 Å². The van der Waals surface area contributed by atoms with Crippen molar-refractivity contribution >= 4 is 11.9 Å². The molecule has 1 heterocycles. The van der Waals surface area contributed by atoms with Crippen molar-refractivity contribution in [2.75, 3.05) is 7.11 Å². The molecule has 5 heteroatoms. The SMILES string of the molecule is COc1cc(CO)c(/C(=C/C=N)NC(C)C)cn1. The van der Waals surface area contributed by atoms with Gasteiger partial charge in [0.1, 0.15) is 0 Å². The van der Waals surface area contributed by atoms with Crippen molar-refractivity contribution in [1.29, 1.82) is 5.41 Å². The van der Waals surface area contributed by atoms with E-state index in [2.05, 4.69) is 10.3 Å². The van der Waals surface area contributed by atoms with Gasteiger partial charge in [0.25, 0.3) is 0 Å². The minimum Gasteiger partial charge on any atom is -0.481 e. The van der Waals surface area contributed by atoms with Crippen molar-refractivity contribution in [2.24, 2.45) is 0 Å². The van der Waals surface area contributed by atoms with E-state index < -0.39 is 0 Å². The Bertz CT molecular complexity index is 442. The van der Waals surface area contributed by atoms with Gasteiger partial charge in [-0.3, -0.25) is 0 Å². The second-order valence-corrected chi connectivity index (χ2v) is 4.09. The Morgan fingerprint density at radius 3 is 2.83 bits per heavy atom. The van der Waals surface area contributed by atoms with E-state index in [4.69, 9.17) is 10.1 Å². The number of hydrogen-bond acceptors (Lipinski definition) is 5. The van der Waals surface area contributed by atoms with Crippen molar-refractivity contribution in [1.82, 2.24) is 10.3 Å². The second-order valence-electron chi connectivity index (χ2n) is 4.09. The summed E-state index contributed by atoms with van der Waals surface area (Å²) in [5.41, 5.74) is 2.25. The highest BCUT2D eigenvalue weighted by atomic mass is 16.5. The highest BCUT2D eigenvalue weighted by molar-refractivity contribution is 5.82. The maximum absolute atomic E-state index is 9.39. The third-order valence-corrected chi connectivity index (χ3v) is 2.33. The molecule has 0 unspecified atom stereocenters. The smallest absolute Gasteiger partial charge is 0.213 e. The zero-order chi connectivity index (χ0) is 13.5. The minimum atomic E-state index is -0.108. The van der Waals surface area contributed by atoms with Crippen LogP contribution in [0, 0.1) is 5.41 Å². The Balaban J connectivity index is 3.19. The van der Waals surface area contributed by atoms with Crippen LogP contribution >= 0.6 is 0 Å². The fourth-order valence-electron chi connectivity index (χ4n) is 1.57. The third-order valence-electron chi connectivity index (χ3n) is 2.33. The van der Waals surface area contributed by atoms with Crippen molar-refractivity contribution in [3.8, 4) is 5.88 Å². The van der Waals surface area contributed by atoms with Crippen molar-refractivity contribution < 1.29 is 9.84 Å². The first-order valence-electron chi connectivity index (χ1n) is 5.73. The number of nitrogens with one attached hydrogen (secondary N) is 2. The van der Waals surface area contributed by atoms with Gasteiger partial charge in [-0.25, -0.2) is 4.98 Å². The van der Waals surface area contributed by atoms with E-state index in [9.17, 15) is 5.11 Å². The van der Waals surface area contributed by atoms with Gasteiger partial charge < -0.3 is 20.6 Å². The average molecular weight is 249 g/mol. The molecular weight excluding hydrogens is 230 g/mol. The monoisotopic (exact) mass is 249 g/mol. The Morgan fingerprint density at radius 2 is 2.33 bits per heavy atom. The average Bonchev–Trinajstić information content (AvgIpc) is 2.37. The first-order valence-corrected chi connectivity index (χ1v) is 5.73. The molecule has 0 atom stereocenters. The molecule has 0 saturated carbocycles. The topological polar surface area (TPSA) is 78.2 Å². The molecule has 5 nitrogen and oxygen atoms in total. The van der Waals surface area contributed by atoms with Crippen molar-refractivity contribution in [3.05, 3.63) is 29.5 Å². The number of aromatic nitrogens is 1. The van der Waals surface area contributed by atoms with Crippen LogP contribution in [0.5, 0.6) is 5.88 Å². The van der Waals surface area contributed by atoms with Crippen LogP contribution in [0.3, 0.4) is 0 Å². The number of rotatable bonds is 6. The molecule has 0 aliphatic heterocycles. The fourth-order valence-corrected chi connectivity index (χ4v) is 1.57. The highest BCUT2D eigenvalue weighted by Gasteiger charge is 2.10. The van der Waals surface area contributed by atoms with Crippen molar-refractivity contribution in [2.45, 2.75) is 26.5 Å². The van der Waals surface area contributed by atoms with Crippen molar-refractivity contribution in [3.63, 3.8) is 0 Å². The Labute approximate surface area is 107 Å². The van der Waals surface area contributed by atoms with Crippen LogP contribution in [0.2, 0.25) is 0 Å². The van der Waals surface area contributed by atoms with Gasteiger partial charge in [0.2, 0.25) is 5.88 Å². The largest absolute Gasteiger partial charge is 0.481 e. The molecule has 1 aromatic rings. The second kappa shape index (κ2) is 6.76. The molecule has 3 N–H and O–H groups in total. The molecule has 0 bridgehead atoms. The number of pyridine rings is 1. The van der Waals surface area contributed by atoms with Gasteiger partial charge in [-0.2, -0.15) is 0 Å². The predicted molar refractivity (Wildman–Crippen MR) is 71.7 cm³/mol. The highest BCUT2D eigenvalue weighted by Crippen LogP contribution is 2.20. The summed E-state index contributed by atoms with van der Waals surface area (Å²) in [7, 11) is 1.53. The normalized spacial score (nSPS) is 11.5. The molecule has 1 aromatic heterocycles. The third kappa shape index (κ3) is 3.56. The summed E-state index contributed by atoms with van der Waals surface area (Å²) in [5, 5.41) is 19.8. The summed E-state index contributed by atoms with van der Waals surface area (Å²) in [6.07, 6.45) is 4.48. The number of methoxy groups -OCH3 is 1. The molecule has 0 amide bonds. The van der Waals surface area contributed by atoms with E-state index in [0.29, 0.717) is 11.4 Å². The lowest BCUT2D eigenvalue weighted by Gasteiger charge is -2.16. The number of hydrogen-bond donors (Lipinski definition) is 3. The molecule has 0 radical (unpaired) electrons. The zero-order valence-corrected chi connectivity index (χ0v) is 10.9. The lowest BCUT2D eigenvalue weighted by atomic mass is 10.1. The Morgan fingerprint density at radius 1 is 1.61 bits per heavy atom. The maximum atomic E-state index is 9.39. The van der Waals surface area contributed by atoms with Crippen LogP contribution in [0.15, 0.2) is 18.3 Å². The lowest BCUT2D eigenvalue weighted by Crippen LogP contribution is -2.22. The summed E-state index contributed by atoms with van der Waals surface area (Å²) >= 11 is 0. The quantitative estimate of drug-likeness (QED) is 0.669. The lowest BCUT2D eigenvalue weighted by molar-refractivity contribution is 0.280. The van der Waals surface area contributed by atoms with Crippen LogP contribution in [0.4, 0.5) is 0 Å². The summed E-state index contributed by atoms with van der Waals surface area (Å²) in [6.45, 7) is 3.91. The Kier molecular flexibility index (Phi) is 5.32. The van der Waals surface area contributed by atoms with Gasteiger partial charge in [0, 0.05) is 35.8 Å². The molecule has 1 rings (SSSR count). The van der Waals surface area contributed by atoms with E-state index in [1.54, 1.807) is 18.3 Å². The molecule has 18 heavy (non-hydrogen) atoms.